The number of sulfonamides is 1. The molecule has 0 heterocycles. The zero-order chi connectivity index (χ0) is 34.9. The highest BCUT2D eigenvalue weighted by molar-refractivity contribution is 7.93. The van der Waals surface area contributed by atoms with E-state index < -0.39 is 62.0 Å². The van der Waals surface area contributed by atoms with Gasteiger partial charge in [0.15, 0.2) is 0 Å². The van der Waals surface area contributed by atoms with Gasteiger partial charge in [-0.25, -0.2) is 18.0 Å². The van der Waals surface area contributed by atoms with Crippen LogP contribution >= 0.6 is 30.8 Å². The largest absolute Gasteiger partial charge is 0.510 e. The lowest BCUT2D eigenvalue weighted by Crippen LogP contribution is -2.33. The average molecular weight is 736 g/mol. The van der Waals surface area contributed by atoms with Crippen molar-refractivity contribution < 1.29 is 55.4 Å². The lowest BCUT2D eigenvalue weighted by molar-refractivity contribution is -0.0301. The first-order chi connectivity index (χ1) is 22.0. The fourth-order valence-corrected chi connectivity index (χ4v) is 7.93. The summed E-state index contributed by atoms with van der Waals surface area (Å²) in [5.74, 6) is -0.375. The SMILES string of the molecule is CNC(=O)c1cccc2cc(N(CP(=O)(OCOC(=O)OC(C)C)OCOC(=O)OC(C)C)S(=O)(=O)c3cc(Cl)cc(Cl)c3)ccc12. The normalized spacial score (nSPS) is 11.8. The third-order valence-electron chi connectivity index (χ3n) is 5.87. The maximum Gasteiger partial charge on any atom is 0.510 e. The summed E-state index contributed by atoms with van der Waals surface area (Å²) in [4.78, 5) is 35.9. The summed E-state index contributed by atoms with van der Waals surface area (Å²) in [6.07, 6.45) is -4.46. The average Bonchev–Trinajstić information content (AvgIpc) is 2.97. The van der Waals surface area contributed by atoms with Gasteiger partial charge in [0.25, 0.3) is 15.9 Å². The fourth-order valence-electron chi connectivity index (χ4n) is 3.90. The maximum absolute atomic E-state index is 14.2. The van der Waals surface area contributed by atoms with Gasteiger partial charge in [-0.05, 0) is 74.9 Å². The van der Waals surface area contributed by atoms with Gasteiger partial charge in [-0.1, -0.05) is 41.4 Å². The molecule has 0 bridgehead atoms. The molecule has 256 valence electrons. The molecule has 0 radical (unpaired) electrons. The molecular formula is C29H33Cl2N2O12PS. The number of halogens is 2. The van der Waals surface area contributed by atoms with E-state index in [2.05, 4.69) is 5.32 Å². The van der Waals surface area contributed by atoms with Gasteiger partial charge in [-0.2, -0.15) is 0 Å². The molecule has 1 amide bonds. The van der Waals surface area contributed by atoms with Gasteiger partial charge in [0, 0.05) is 22.7 Å². The van der Waals surface area contributed by atoms with Crippen molar-refractivity contribution in [3.8, 4) is 0 Å². The van der Waals surface area contributed by atoms with Gasteiger partial charge < -0.3 is 24.3 Å². The number of carbonyl (C=O) groups is 3. The van der Waals surface area contributed by atoms with Crippen LogP contribution in [0.15, 0.2) is 59.5 Å². The lowest BCUT2D eigenvalue weighted by Gasteiger charge is -2.28. The van der Waals surface area contributed by atoms with Crippen molar-refractivity contribution in [2.75, 3.05) is 31.2 Å². The van der Waals surface area contributed by atoms with Gasteiger partial charge in [-0.3, -0.25) is 22.7 Å². The summed E-state index contributed by atoms with van der Waals surface area (Å²) >= 11 is 12.2. The third-order valence-corrected chi connectivity index (χ3v) is 9.87. The minimum absolute atomic E-state index is 0.00503. The Morgan fingerprint density at radius 2 is 1.40 bits per heavy atom. The highest BCUT2D eigenvalue weighted by atomic mass is 35.5. The second-order valence-corrected chi connectivity index (χ2v) is 14.9. The number of carbonyl (C=O) groups excluding carboxylic acids is 3. The molecule has 3 aromatic rings. The molecule has 18 heteroatoms. The van der Waals surface area contributed by atoms with Gasteiger partial charge in [0.1, 0.15) is 6.29 Å². The molecule has 0 aliphatic rings. The van der Waals surface area contributed by atoms with Crippen molar-refractivity contribution in [2.45, 2.75) is 44.8 Å². The molecule has 14 nitrogen and oxygen atoms in total. The molecule has 0 unspecified atom stereocenters. The van der Waals surface area contributed by atoms with Gasteiger partial charge in [0.2, 0.25) is 13.6 Å². The monoisotopic (exact) mass is 734 g/mol. The molecule has 0 atom stereocenters. The smallest absolute Gasteiger partial charge is 0.432 e. The van der Waals surface area contributed by atoms with E-state index in [-0.39, 0.29) is 26.5 Å². The predicted octanol–water partition coefficient (Wildman–Crippen LogP) is 6.92. The van der Waals surface area contributed by atoms with Crippen LogP contribution in [0.25, 0.3) is 10.8 Å². The number of nitrogens with one attached hydrogen (secondary N) is 1. The molecule has 3 rings (SSSR count). The third kappa shape index (κ3) is 10.7. The first kappa shape index (κ1) is 37.9. The van der Waals surface area contributed by atoms with Crippen LogP contribution in [0, 0.1) is 0 Å². The second kappa shape index (κ2) is 16.5. The summed E-state index contributed by atoms with van der Waals surface area (Å²) < 4.78 is 73.1. The number of rotatable bonds is 14. The van der Waals surface area contributed by atoms with Crippen LogP contribution in [0.2, 0.25) is 10.0 Å². The Hall–Kier alpha value is -3.59. The molecule has 0 saturated heterocycles. The summed E-state index contributed by atoms with van der Waals surface area (Å²) in [6, 6.07) is 12.7. The van der Waals surface area contributed by atoms with Crippen molar-refractivity contribution >= 4 is 75.5 Å². The summed E-state index contributed by atoms with van der Waals surface area (Å²) in [7, 11) is -7.89. The zero-order valence-corrected chi connectivity index (χ0v) is 29.2. The zero-order valence-electron chi connectivity index (χ0n) is 25.9. The Morgan fingerprint density at radius 1 is 0.851 bits per heavy atom. The number of ether oxygens (including phenoxy) is 4. The topological polar surface area (TPSA) is 173 Å². The van der Waals surface area contributed by atoms with Crippen molar-refractivity contribution in [2.24, 2.45) is 0 Å². The standard InChI is InChI=1S/C29H33Cl2N2O12PS/c1-18(2)44-28(35)40-16-42-46(37,43-17-41-29(36)45-19(3)4)15-33(47(38,39)24-13-21(30)12-22(31)14-24)23-9-10-25-20(11-23)7-6-8-26(25)27(34)32-5/h6-14,18-19H,15-17H2,1-5H3,(H,32,34). The minimum atomic E-state index is -4.70. The quantitative estimate of drug-likeness (QED) is 0.103. The molecule has 0 fully saturated rings. The first-order valence-corrected chi connectivity index (χ1v) is 17.8. The van der Waals surface area contributed by atoms with Crippen LogP contribution in [0.1, 0.15) is 38.1 Å². The first-order valence-electron chi connectivity index (χ1n) is 13.8. The molecule has 3 aromatic carbocycles. The summed E-state index contributed by atoms with van der Waals surface area (Å²) in [6.45, 7) is 4.27. The lowest BCUT2D eigenvalue weighted by atomic mass is 10.0. The Kier molecular flexibility index (Phi) is 13.3. The molecule has 0 spiro atoms. The Balaban J connectivity index is 2.10. The molecule has 0 aromatic heterocycles. The van der Waals surface area contributed by atoms with E-state index in [4.69, 9.17) is 51.2 Å². The van der Waals surface area contributed by atoms with Crippen molar-refractivity contribution in [1.82, 2.24) is 5.32 Å². The molecule has 0 saturated carbocycles. The van der Waals surface area contributed by atoms with Crippen LogP contribution < -0.4 is 9.62 Å². The molecular weight excluding hydrogens is 702 g/mol. The van der Waals surface area contributed by atoms with Crippen LogP contribution in [0.5, 0.6) is 0 Å². The van der Waals surface area contributed by atoms with E-state index in [0.717, 1.165) is 12.1 Å². The van der Waals surface area contributed by atoms with Crippen LogP contribution in [0.4, 0.5) is 15.3 Å². The number of nitrogens with zero attached hydrogens (tertiary/aromatic N) is 1. The number of amides is 1. The number of hydrogen-bond donors (Lipinski definition) is 1. The second-order valence-electron chi connectivity index (χ2n) is 10.1. The van der Waals surface area contributed by atoms with E-state index in [9.17, 15) is 27.4 Å². The maximum atomic E-state index is 14.2. The molecule has 1 N–H and O–H groups in total. The Labute approximate surface area is 281 Å². The van der Waals surface area contributed by atoms with E-state index in [1.807, 2.05) is 0 Å². The Bertz CT molecular complexity index is 1720. The molecule has 0 aliphatic heterocycles. The van der Waals surface area contributed by atoms with Gasteiger partial charge >= 0.3 is 19.9 Å². The number of benzene rings is 3. The van der Waals surface area contributed by atoms with E-state index >= 15 is 0 Å². The van der Waals surface area contributed by atoms with Crippen LogP contribution in [-0.4, -0.2) is 65.8 Å². The van der Waals surface area contributed by atoms with E-state index in [0.29, 0.717) is 20.6 Å². The van der Waals surface area contributed by atoms with E-state index in [1.54, 1.807) is 45.9 Å². The van der Waals surface area contributed by atoms with Crippen LogP contribution in [-0.2, 0) is 42.6 Å². The Morgan fingerprint density at radius 3 is 1.91 bits per heavy atom. The number of hydrogen-bond acceptors (Lipinski definition) is 12. The van der Waals surface area contributed by atoms with Gasteiger partial charge in [0.05, 0.1) is 22.8 Å². The predicted molar refractivity (Wildman–Crippen MR) is 173 cm³/mol. The van der Waals surface area contributed by atoms with Crippen molar-refractivity contribution in [3.05, 3.63) is 70.2 Å². The molecule has 0 aliphatic carbocycles. The van der Waals surface area contributed by atoms with Crippen molar-refractivity contribution in [3.63, 3.8) is 0 Å². The molecule has 47 heavy (non-hydrogen) atoms. The number of anilines is 1. The van der Waals surface area contributed by atoms with E-state index in [1.165, 1.54) is 31.3 Å². The van der Waals surface area contributed by atoms with Gasteiger partial charge in [-0.15, -0.1) is 0 Å². The summed E-state index contributed by atoms with van der Waals surface area (Å²) in [5.41, 5.74) is 0.274. The van der Waals surface area contributed by atoms with Crippen LogP contribution in [0.3, 0.4) is 0 Å². The van der Waals surface area contributed by atoms with Crippen molar-refractivity contribution in [1.29, 1.82) is 0 Å². The number of fused-ring (bicyclic) bond motifs is 1. The highest BCUT2D eigenvalue weighted by Crippen LogP contribution is 2.51. The fraction of sp³-hybridized carbons (Fsp3) is 0.345. The minimum Gasteiger partial charge on any atom is -0.432 e. The highest BCUT2D eigenvalue weighted by Gasteiger charge is 2.37. The summed E-state index contributed by atoms with van der Waals surface area (Å²) in [5, 5.41) is 3.47.